The summed E-state index contributed by atoms with van der Waals surface area (Å²) in [6.45, 7) is 3.96. The highest BCUT2D eigenvalue weighted by atomic mass is 16.5. The number of carbonyl (C=O) groups is 1. The number of fused-ring (bicyclic) bond motifs is 1. The third-order valence-corrected chi connectivity index (χ3v) is 4.15. The summed E-state index contributed by atoms with van der Waals surface area (Å²) in [5, 5.41) is 5.72. The second kappa shape index (κ2) is 6.87. The van der Waals surface area contributed by atoms with Gasteiger partial charge in [0.25, 0.3) is 0 Å². The van der Waals surface area contributed by atoms with Crippen LogP contribution in [0.5, 0.6) is 0 Å². The quantitative estimate of drug-likeness (QED) is 0.858. The molecule has 1 aromatic rings. The van der Waals surface area contributed by atoms with Gasteiger partial charge in [0, 0.05) is 38.1 Å². The van der Waals surface area contributed by atoms with Crippen LogP contribution < -0.4 is 10.6 Å². The number of aromatic nitrogens is 1. The van der Waals surface area contributed by atoms with Crippen molar-refractivity contribution in [1.82, 2.24) is 20.5 Å². The van der Waals surface area contributed by atoms with Gasteiger partial charge in [-0.1, -0.05) is 0 Å². The smallest absolute Gasteiger partial charge is 0.315 e. The summed E-state index contributed by atoms with van der Waals surface area (Å²) >= 11 is 0. The van der Waals surface area contributed by atoms with Crippen LogP contribution in [0.3, 0.4) is 0 Å². The fourth-order valence-corrected chi connectivity index (χ4v) is 2.96. The molecule has 3 heterocycles. The van der Waals surface area contributed by atoms with Crippen molar-refractivity contribution in [2.75, 3.05) is 26.2 Å². The molecule has 114 valence electrons. The summed E-state index contributed by atoms with van der Waals surface area (Å²) in [5.41, 5.74) is 1.04. The van der Waals surface area contributed by atoms with Gasteiger partial charge in [0.2, 0.25) is 0 Å². The summed E-state index contributed by atoms with van der Waals surface area (Å²) in [7, 11) is 0. The number of carbonyl (C=O) groups excluding carboxylic acids is 1. The Morgan fingerprint density at radius 3 is 3.10 bits per heavy atom. The van der Waals surface area contributed by atoms with Crippen LogP contribution in [-0.4, -0.2) is 54.3 Å². The maximum Gasteiger partial charge on any atom is 0.315 e. The number of rotatable bonds is 4. The molecular formula is C15H22N4O2. The number of hydrogen-bond acceptors (Lipinski definition) is 4. The molecule has 2 atom stereocenters. The predicted molar refractivity (Wildman–Crippen MR) is 78.8 cm³/mol. The number of nitrogens with zero attached hydrogens (tertiary/aromatic N) is 2. The van der Waals surface area contributed by atoms with Gasteiger partial charge in [0.05, 0.1) is 12.7 Å². The van der Waals surface area contributed by atoms with Gasteiger partial charge in [-0.2, -0.15) is 0 Å². The lowest BCUT2D eigenvalue weighted by molar-refractivity contribution is -0.0457. The molecule has 21 heavy (non-hydrogen) atoms. The number of pyridine rings is 1. The third kappa shape index (κ3) is 3.92. The lowest BCUT2D eigenvalue weighted by atomic mass is 10.2. The van der Waals surface area contributed by atoms with Crippen LogP contribution in [0, 0.1) is 0 Å². The van der Waals surface area contributed by atoms with E-state index in [-0.39, 0.29) is 12.1 Å². The molecule has 0 spiro atoms. The van der Waals surface area contributed by atoms with Gasteiger partial charge < -0.3 is 15.4 Å². The van der Waals surface area contributed by atoms with Gasteiger partial charge in [-0.3, -0.25) is 9.88 Å². The number of amides is 2. The van der Waals surface area contributed by atoms with Crippen molar-refractivity contribution >= 4 is 6.03 Å². The molecule has 3 rings (SSSR count). The largest absolute Gasteiger partial charge is 0.373 e. The standard InChI is InChI=1S/C15H22N4O2/c20-15(17-8-12-3-5-16-6-4-12)18-9-14-10-19-7-1-2-13(19)11-21-14/h3-6,13-14H,1-2,7-11H2,(H2,17,18,20)/t13-,14-/m1/s1. The van der Waals surface area contributed by atoms with Gasteiger partial charge >= 0.3 is 6.03 Å². The molecule has 2 fully saturated rings. The molecule has 2 N–H and O–H groups in total. The number of nitrogens with one attached hydrogen (secondary N) is 2. The zero-order valence-corrected chi connectivity index (χ0v) is 12.1. The van der Waals surface area contributed by atoms with E-state index in [1.54, 1.807) is 12.4 Å². The molecule has 2 saturated heterocycles. The number of hydrogen-bond donors (Lipinski definition) is 2. The van der Waals surface area contributed by atoms with Crippen LogP contribution in [-0.2, 0) is 11.3 Å². The molecule has 0 saturated carbocycles. The highest BCUT2D eigenvalue weighted by molar-refractivity contribution is 5.73. The average Bonchev–Trinajstić information content (AvgIpc) is 2.99. The molecule has 6 heteroatoms. The van der Waals surface area contributed by atoms with Gasteiger partial charge in [-0.25, -0.2) is 4.79 Å². The Bertz CT molecular complexity index is 468. The zero-order valence-electron chi connectivity index (χ0n) is 12.1. The summed E-state index contributed by atoms with van der Waals surface area (Å²) < 4.78 is 5.81. The minimum atomic E-state index is -0.154. The minimum absolute atomic E-state index is 0.103. The van der Waals surface area contributed by atoms with Crippen molar-refractivity contribution in [2.24, 2.45) is 0 Å². The van der Waals surface area contributed by atoms with Crippen molar-refractivity contribution in [3.63, 3.8) is 0 Å². The molecule has 0 aromatic carbocycles. The minimum Gasteiger partial charge on any atom is -0.373 e. The van der Waals surface area contributed by atoms with Crippen LogP contribution in [0.2, 0.25) is 0 Å². The van der Waals surface area contributed by atoms with Crippen LogP contribution in [0.1, 0.15) is 18.4 Å². The topological polar surface area (TPSA) is 66.5 Å². The molecule has 6 nitrogen and oxygen atoms in total. The second-order valence-corrected chi connectivity index (χ2v) is 5.67. The summed E-state index contributed by atoms with van der Waals surface area (Å²) in [6, 6.07) is 4.22. The number of urea groups is 1. The lowest BCUT2D eigenvalue weighted by Crippen LogP contribution is -2.51. The first-order valence-corrected chi connectivity index (χ1v) is 7.57. The fourth-order valence-electron chi connectivity index (χ4n) is 2.96. The molecular weight excluding hydrogens is 268 g/mol. The molecule has 0 bridgehead atoms. The number of morpholine rings is 1. The van der Waals surface area contributed by atoms with Crippen LogP contribution in [0.15, 0.2) is 24.5 Å². The molecule has 0 radical (unpaired) electrons. The van der Waals surface area contributed by atoms with Gasteiger partial charge in [0.15, 0.2) is 0 Å². The molecule has 0 aliphatic carbocycles. The van der Waals surface area contributed by atoms with Crippen LogP contribution in [0.4, 0.5) is 4.79 Å². The fraction of sp³-hybridized carbons (Fsp3) is 0.600. The SMILES string of the molecule is O=C(NCc1ccncc1)NC[C@@H]1CN2CCC[C@@H]2CO1. The maximum absolute atomic E-state index is 11.8. The highest BCUT2D eigenvalue weighted by Gasteiger charge is 2.32. The molecule has 0 unspecified atom stereocenters. The van der Waals surface area contributed by atoms with Gasteiger partial charge in [-0.15, -0.1) is 0 Å². The monoisotopic (exact) mass is 290 g/mol. The van der Waals surface area contributed by atoms with Crippen molar-refractivity contribution in [3.05, 3.63) is 30.1 Å². The molecule has 2 aliphatic rings. The van der Waals surface area contributed by atoms with Crippen LogP contribution >= 0.6 is 0 Å². The summed E-state index contributed by atoms with van der Waals surface area (Å²) in [5.74, 6) is 0. The first kappa shape index (κ1) is 14.3. The number of ether oxygens (including phenoxy) is 1. The normalized spacial score (nSPS) is 25.3. The predicted octanol–water partition coefficient (Wildman–Crippen LogP) is 0.744. The average molecular weight is 290 g/mol. The second-order valence-electron chi connectivity index (χ2n) is 5.67. The van der Waals surface area contributed by atoms with E-state index in [1.165, 1.54) is 19.4 Å². The van der Waals surface area contributed by atoms with E-state index in [4.69, 9.17) is 4.74 Å². The van der Waals surface area contributed by atoms with Crippen molar-refractivity contribution in [2.45, 2.75) is 31.5 Å². The Labute approximate surface area is 124 Å². The molecule has 2 amide bonds. The van der Waals surface area contributed by atoms with E-state index in [0.717, 1.165) is 18.7 Å². The highest BCUT2D eigenvalue weighted by Crippen LogP contribution is 2.22. The lowest BCUT2D eigenvalue weighted by Gasteiger charge is -2.35. The van der Waals surface area contributed by atoms with E-state index >= 15 is 0 Å². The van der Waals surface area contributed by atoms with E-state index < -0.39 is 0 Å². The van der Waals surface area contributed by atoms with Crippen molar-refractivity contribution in [1.29, 1.82) is 0 Å². The Hall–Kier alpha value is -1.66. The summed E-state index contributed by atoms with van der Waals surface area (Å²) in [4.78, 5) is 18.2. The molecule has 2 aliphatic heterocycles. The van der Waals surface area contributed by atoms with Gasteiger partial charge in [0.1, 0.15) is 0 Å². The molecule has 1 aromatic heterocycles. The van der Waals surface area contributed by atoms with E-state index in [0.29, 0.717) is 19.1 Å². The first-order chi connectivity index (χ1) is 10.3. The van der Waals surface area contributed by atoms with Gasteiger partial charge in [-0.05, 0) is 37.1 Å². The van der Waals surface area contributed by atoms with E-state index in [1.807, 2.05) is 12.1 Å². The Kier molecular flexibility index (Phi) is 4.67. The van der Waals surface area contributed by atoms with Crippen molar-refractivity contribution < 1.29 is 9.53 Å². The van der Waals surface area contributed by atoms with E-state index in [9.17, 15) is 4.79 Å². The maximum atomic E-state index is 11.8. The Morgan fingerprint density at radius 2 is 2.24 bits per heavy atom. The Morgan fingerprint density at radius 1 is 1.38 bits per heavy atom. The first-order valence-electron chi connectivity index (χ1n) is 7.57. The zero-order chi connectivity index (χ0) is 14.5. The van der Waals surface area contributed by atoms with Crippen molar-refractivity contribution in [3.8, 4) is 0 Å². The van der Waals surface area contributed by atoms with Crippen LogP contribution in [0.25, 0.3) is 0 Å². The Balaban J connectivity index is 1.36. The van der Waals surface area contributed by atoms with E-state index in [2.05, 4.69) is 20.5 Å². The summed E-state index contributed by atoms with van der Waals surface area (Å²) in [6.07, 6.45) is 6.05. The third-order valence-electron chi connectivity index (χ3n) is 4.15.